The summed E-state index contributed by atoms with van der Waals surface area (Å²) in [6, 6.07) is -0.281. The number of aromatic nitrogens is 1. The van der Waals surface area contributed by atoms with Crippen LogP contribution in [0.5, 0.6) is 0 Å². The molecule has 1 saturated heterocycles. The van der Waals surface area contributed by atoms with Crippen molar-refractivity contribution in [2.24, 2.45) is 11.7 Å². The van der Waals surface area contributed by atoms with E-state index in [1.807, 2.05) is 11.1 Å². The van der Waals surface area contributed by atoms with Crippen LogP contribution in [-0.4, -0.2) is 48.0 Å². The van der Waals surface area contributed by atoms with Gasteiger partial charge in [-0.1, -0.05) is 13.3 Å². The molecule has 3 rings (SSSR count). The number of amides is 1. The van der Waals surface area contributed by atoms with Crippen LogP contribution in [0.2, 0.25) is 0 Å². The Hall–Kier alpha value is -1.14. The van der Waals surface area contributed by atoms with Crippen molar-refractivity contribution >= 4 is 22.4 Å². The van der Waals surface area contributed by atoms with Gasteiger partial charge in [0.1, 0.15) is 0 Å². The van der Waals surface area contributed by atoms with Gasteiger partial charge in [0.05, 0.1) is 6.04 Å². The van der Waals surface area contributed by atoms with E-state index in [4.69, 9.17) is 5.73 Å². The molecule has 1 saturated carbocycles. The number of nitrogens with zero attached hydrogens (tertiary/aromatic N) is 3. The third-order valence-corrected chi connectivity index (χ3v) is 5.90. The van der Waals surface area contributed by atoms with E-state index in [0.717, 1.165) is 50.6 Å². The second-order valence-electron chi connectivity index (χ2n) is 5.99. The van der Waals surface area contributed by atoms with E-state index in [2.05, 4.69) is 16.8 Å². The molecule has 0 spiro atoms. The number of carbonyl (C=O) groups is 1. The molecule has 1 amide bonds. The number of anilines is 1. The number of piperazine rings is 1. The molecule has 1 unspecified atom stereocenters. The maximum atomic E-state index is 12.4. The van der Waals surface area contributed by atoms with Crippen LogP contribution in [0.3, 0.4) is 0 Å². The molecular formula is C15H24N4OS. The first kappa shape index (κ1) is 14.8. The van der Waals surface area contributed by atoms with E-state index in [1.165, 1.54) is 11.3 Å². The summed E-state index contributed by atoms with van der Waals surface area (Å²) in [4.78, 5) is 22.4. The van der Waals surface area contributed by atoms with Crippen LogP contribution in [0, 0.1) is 5.92 Å². The molecule has 2 aliphatic rings. The third-order valence-electron chi connectivity index (χ3n) is 4.69. The Morgan fingerprint density at radius 3 is 2.67 bits per heavy atom. The van der Waals surface area contributed by atoms with Crippen molar-refractivity contribution in [3.63, 3.8) is 0 Å². The number of hydrogen-bond donors (Lipinski definition) is 1. The standard InChI is InChI=1S/C15H24N4OS/c1-2-12-10-17-15(21-12)19-8-6-18(7-9-19)14(20)13(16)11-4-3-5-11/h10-11,13H,2-9,16H2,1H3. The van der Waals surface area contributed by atoms with Gasteiger partial charge in [0.2, 0.25) is 5.91 Å². The molecular weight excluding hydrogens is 284 g/mol. The number of nitrogens with two attached hydrogens (primary N) is 1. The first-order valence-corrected chi connectivity index (χ1v) is 8.74. The predicted molar refractivity (Wildman–Crippen MR) is 85.6 cm³/mol. The average Bonchev–Trinajstić information content (AvgIpc) is 2.93. The summed E-state index contributed by atoms with van der Waals surface area (Å²) >= 11 is 1.76. The van der Waals surface area contributed by atoms with Gasteiger partial charge in [0.15, 0.2) is 5.13 Å². The number of thiazole rings is 1. The number of rotatable bonds is 4. The molecule has 2 heterocycles. The monoisotopic (exact) mass is 308 g/mol. The van der Waals surface area contributed by atoms with Gasteiger partial charge in [-0.25, -0.2) is 4.98 Å². The SMILES string of the molecule is CCc1cnc(N2CCN(C(=O)C(N)C3CCC3)CC2)s1. The molecule has 21 heavy (non-hydrogen) atoms. The Kier molecular flexibility index (Phi) is 4.45. The number of aryl methyl sites for hydroxylation is 1. The molecule has 0 radical (unpaired) electrons. The van der Waals surface area contributed by atoms with E-state index < -0.39 is 0 Å². The highest BCUT2D eigenvalue weighted by atomic mass is 32.1. The van der Waals surface area contributed by atoms with Crippen molar-refractivity contribution in [2.75, 3.05) is 31.1 Å². The average molecular weight is 308 g/mol. The molecule has 2 N–H and O–H groups in total. The summed E-state index contributed by atoms with van der Waals surface area (Å²) < 4.78 is 0. The molecule has 0 aromatic carbocycles. The first-order chi connectivity index (χ1) is 10.2. The molecule has 1 atom stereocenters. The Labute approximate surface area is 130 Å². The highest BCUT2D eigenvalue weighted by molar-refractivity contribution is 7.15. The smallest absolute Gasteiger partial charge is 0.239 e. The summed E-state index contributed by atoms with van der Waals surface area (Å²) in [6.07, 6.45) is 6.46. The van der Waals surface area contributed by atoms with Gasteiger partial charge in [0, 0.05) is 37.3 Å². The summed E-state index contributed by atoms with van der Waals surface area (Å²) in [5.74, 6) is 0.564. The molecule has 1 aliphatic heterocycles. The fourth-order valence-corrected chi connectivity index (χ4v) is 3.84. The third kappa shape index (κ3) is 3.06. The zero-order valence-electron chi connectivity index (χ0n) is 12.6. The van der Waals surface area contributed by atoms with E-state index >= 15 is 0 Å². The van der Waals surface area contributed by atoms with Crippen LogP contribution in [0.15, 0.2) is 6.20 Å². The minimum Gasteiger partial charge on any atom is -0.345 e. The molecule has 1 aromatic rings. The lowest BCUT2D eigenvalue weighted by molar-refractivity contribution is -0.134. The van der Waals surface area contributed by atoms with Crippen LogP contribution in [0.1, 0.15) is 31.1 Å². The molecule has 6 heteroatoms. The van der Waals surface area contributed by atoms with E-state index in [9.17, 15) is 4.79 Å². The minimum atomic E-state index is -0.281. The fourth-order valence-electron chi connectivity index (χ4n) is 2.94. The molecule has 2 fully saturated rings. The number of carbonyl (C=O) groups excluding carboxylic acids is 1. The maximum Gasteiger partial charge on any atom is 0.239 e. The van der Waals surface area contributed by atoms with Gasteiger partial charge in [-0.15, -0.1) is 11.3 Å². The zero-order valence-corrected chi connectivity index (χ0v) is 13.4. The molecule has 1 aliphatic carbocycles. The van der Waals surface area contributed by atoms with Crippen molar-refractivity contribution in [2.45, 2.75) is 38.6 Å². The number of hydrogen-bond acceptors (Lipinski definition) is 5. The Morgan fingerprint density at radius 2 is 2.14 bits per heavy atom. The van der Waals surface area contributed by atoms with Crippen LogP contribution in [0.4, 0.5) is 5.13 Å². The Balaban J connectivity index is 1.53. The van der Waals surface area contributed by atoms with Crippen molar-refractivity contribution in [3.05, 3.63) is 11.1 Å². The molecule has 116 valence electrons. The van der Waals surface area contributed by atoms with Gasteiger partial charge in [-0.2, -0.15) is 0 Å². The first-order valence-electron chi connectivity index (χ1n) is 7.93. The van der Waals surface area contributed by atoms with Crippen LogP contribution >= 0.6 is 11.3 Å². The second-order valence-corrected chi connectivity index (χ2v) is 7.09. The summed E-state index contributed by atoms with van der Waals surface area (Å²) in [7, 11) is 0. The molecule has 5 nitrogen and oxygen atoms in total. The normalized spacial score (nSPS) is 21.2. The topological polar surface area (TPSA) is 62.5 Å². The van der Waals surface area contributed by atoms with Gasteiger partial charge in [0.25, 0.3) is 0 Å². The maximum absolute atomic E-state index is 12.4. The van der Waals surface area contributed by atoms with Crippen molar-refractivity contribution in [1.29, 1.82) is 0 Å². The zero-order chi connectivity index (χ0) is 14.8. The van der Waals surface area contributed by atoms with E-state index in [-0.39, 0.29) is 11.9 Å². The highest BCUT2D eigenvalue weighted by Crippen LogP contribution is 2.30. The van der Waals surface area contributed by atoms with Crippen LogP contribution in [-0.2, 0) is 11.2 Å². The van der Waals surface area contributed by atoms with Crippen LogP contribution < -0.4 is 10.6 Å². The highest BCUT2D eigenvalue weighted by Gasteiger charge is 2.33. The van der Waals surface area contributed by atoms with Crippen molar-refractivity contribution in [1.82, 2.24) is 9.88 Å². The van der Waals surface area contributed by atoms with Gasteiger partial charge in [-0.3, -0.25) is 4.79 Å². The van der Waals surface area contributed by atoms with Crippen molar-refractivity contribution < 1.29 is 4.79 Å². The predicted octanol–water partition coefficient (Wildman–Crippen LogP) is 1.48. The summed E-state index contributed by atoms with van der Waals surface area (Å²) in [5, 5.41) is 1.09. The minimum absolute atomic E-state index is 0.146. The molecule has 1 aromatic heterocycles. The lowest BCUT2D eigenvalue weighted by atomic mass is 9.79. The summed E-state index contributed by atoms with van der Waals surface area (Å²) in [6.45, 7) is 5.40. The largest absolute Gasteiger partial charge is 0.345 e. The lowest BCUT2D eigenvalue weighted by Crippen LogP contribution is -2.55. The summed E-state index contributed by atoms with van der Waals surface area (Å²) in [5.41, 5.74) is 6.11. The lowest BCUT2D eigenvalue weighted by Gasteiger charge is -2.38. The van der Waals surface area contributed by atoms with Crippen molar-refractivity contribution in [3.8, 4) is 0 Å². The van der Waals surface area contributed by atoms with Gasteiger partial charge in [-0.05, 0) is 25.2 Å². The van der Waals surface area contributed by atoms with Crippen LogP contribution in [0.25, 0.3) is 0 Å². The fraction of sp³-hybridized carbons (Fsp3) is 0.733. The van der Waals surface area contributed by atoms with E-state index in [1.54, 1.807) is 11.3 Å². The van der Waals surface area contributed by atoms with Gasteiger partial charge < -0.3 is 15.5 Å². The van der Waals surface area contributed by atoms with E-state index in [0.29, 0.717) is 5.92 Å². The van der Waals surface area contributed by atoms with Gasteiger partial charge >= 0.3 is 0 Å². The second kappa shape index (κ2) is 6.32. The Bertz CT molecular complexity index is 492. The Morgan fingerprint density at radius 1 is 1.43 bits per heavy atom. The quantitative estimate of drug-likeness (QED) is 0.915. The molecule has 0 bridgehead atoms.